The third-order valence-corrected chi connectivity index (χ3v) is 4.38. The van der Waals surface area contributed by atoms with E-state index in [2.05, 4.69) is 21.0 Å². The molecule has 0 atom stereocenters. The van der Waals surface area contributed by atoms with Crippen molar-refractivity contribution in [3.8, 4) is 5.69 Å². The number of nitrogens with zero attached hydrogens (tertiary/aromatic N) is 4. The van der Waals surface area contributed by atoms with E-state index in [1.54, 1.807) is 11.0 Å². The SMILES string of the molecule is Cl.NCC1CCN(Cc2ccc(Cl)cc2-n2cncn2)CC1. The molecule has 5 nitrogen and oxygen atoms in total. The molecular weight excluding hydrogens is 321 g/mol. The molecule has 0 unspecified atom stereocenters. The molecule has 1 aliphatic rings. The van der Waals surface area contributed by atoms with Gasteiger partial charge in [0.1, 0.15) is 12.7 Å². The number of nitrogens with two attached hydrogens (primary N) is 1. The molecule has 22 heavy (non-hydrogen) atoms. The lowest BCUT2D eigenvalue weighted by Crippen LogP contribution is -2.35. The average Bonchev–Trinajstić information content (AvgIpc) is 3.04. The van der Waals surface area contributed by atoms with Crippen LogP contribution in [-0.2, 0) is 6.54 Å². The number of hydrogen-bond acceptors (Lipinski definition) is 4. The molecule has 0 spiro atoms. The lowest BCUT2D eigenvalue weighted by molar-refractivity contribution is 0.180. The van der Waals surface area contributed by atoms with Crippen LogP contribution in [0.15, 0.2) is 30.9 Å². The molecule has 2 heterocycles. The van der Waals surface area contributed by atoms with E-state index >= 15 is 0 Å². The zero-order valence-corrected chi connectivity index (χ0v) is 13.9. The number of piperidine rings is 1. The van der Waals surface area contributed by atoms with Crippen LogP contribution in [0.3, 0.4) is 0 Å². The van der Waals surface area contributed by atoms with E-state index in [0.717, 1.165) is 31.9 Å². The van der Waals surface area contributed by atoms with E-state index in [1.165, 1.54) is 24.7 Å². The summed E-state index contributed by atoms with van der Waals surface area (Å²) in [5.74, 6) is 0.682. The van der Waals surface area contributed by atoms with Crippen LogP contribution in [0.2, 0.25) is 5.02 Å². The van der Waals surface area contributed by atoms with Crippen molar-refractivity contribution >= 4 is 24.0 Å². The Balaban J connectivity index is 0.00000176. The summed E-state index contributed by atoms with van der Waals surface area (Å²) in [6.45, 7) is 3.91. The number of benzene rings is 1. The minimum absolute atomic E-state index is 0. The fraction of sp³-hybridized carbons (Fsp3) is 0.467. The molecule has 120 valence electrons. The second-order valence-corrected chi connectivity index (χ2v) is 6.00. The Morgan fingerprint density at radius 3 is 2.68 bits per heavy atom. The fourth-order valence-corrected chi connectivity index (χ4v) is 3.00. The molecule has 1 aromatic carbocycles. The first-order valence-electron chi connectivity index (χ1n) is 7.32. The maximum Gasteiger partial charge on any atom is 0.138 e. The first-order valence-corrected chi connectivity index (χ1v) is 7.70. The van der Waals surface area contributed by atoms with Gasteiger partial charge in [-0.3, -0.25) is 4.90 Å². The monoisotopic (exact) mass is 341 g/mol. The molecule has 0 bridgehead atoms. The first kappa shape index (κ1) is 17.2. The Morgan fingerprint density at radius 1 is 1.27 bits per heavy atom. The van der Waals surface area contributed by atoms with Gasteiger partial charge in [0.25, 0.3) is 0 Å². The number of rotatable bonds is 4. The van der Waals surface area contributed by atoms with Crippen LogP contribution in [0.5, 0.6) is 0 Å². The van der Waals surface area contributed by atoms with Crippen LogP contribution in [0.1, 0.15) is 18.4 Å². The Labute approximate surface area is 141 Å². The van der Waals surface area contributed by atoms with E-state index in [9.17, 15) is 0 Å². The molecule has 1 fully saturated rings. The van der Waals surface area contributed by atoms with E-state index < -0.39 is 0 Å². The number of aromatic nitrogens is 3. The van der Waals surface area contributed by atoms with Crippen molar-refractivity contribution in [1.29, 1.82) is 0 Å². The van der Waals surface area contributed by atoms with Crippen molar-refractivity contribution in [3.63, 3.8) is 0 Å². The molecule has 2 aromatic rings. The zero-order chi connectivity index (χ0) is 14.7. The molecule has 0 radical (unpaired) electrons. The highest BCUT2D eigenvalue weighted by Crippen LogP contribution is 2.23. The van der Waals surface area contributed by atoms with Gasteiger partial charge in [0.15, 0.2) is 0 Å². The number of likely N-dealkylation sites (tertiary alicyclic amines) is 1. The van der Waals surface area contributed by atoms with Gasteiger partial charge in [-0.1, -0.05) is 17.7 Å². The minimum Gasteiger partial charge on any atom is -0.330 e. The number of halogens is 2. The molecule has 1 aromatic heterocycles. The Kier molecular flexibility index (Phi) is 6.20. The van der Waals surface area contributed by atoms with Gasteiger partial charge in [-0.05, 0) is 56.1 Å². The van der Waals surface area contributed by atoms with Crippen molar-refractivity contribution in [3.05, 3.63) is 41.4 Å². The van der Waals surface area contributed by atoms with Crippen LogP contribution < -0.4 is 5.73 Å². The first-order chi connectivity index (χ1) is 10.3. The summed E-state index contributed by atoms with van der Waals surface area (Å²) in [5, 5.41) is 4.93. The predicted octanol–water partition coefficient (Wildman–Crippen LogP) is 2.51. The van der Waals surface area contributed by atoms with Gasteiger partial charge in [-0.15, -0.1) is 12.4 Å². The van der Waals surface area contributed by atoms with Crippen molar-refractivity contribution in [2.24, 2.45) is 11.7 Å². The average molecular weight is 342 g/mol. The lowest BCUT2D eigenvalue weighted by atomic mass is 9.96. The van der Waals surface area contributed by atoms with E-state index in [-0.39, 0.29) is 12.4 Å². The highest BCUT2D eigenvalue weighted by atomic mass is 35.5. The van der Waals surface area contributed by atoms with Gasteiger partial charge in [0.05, 0.1) is 5.69 Å². The third-order valence-electron chi connectivity index (χ3n) is 4.15. The molecule has 2 N–H and O–H groups in total. The highest BCUT2D eigenvalue weighted by Gasteiger charge is 2.19. The van der Waals surface area contributed by atoms with Crippen molar-refractivity contribution in [2.75, 3.05) is 19.6 Å². The van der Waals surface area contributed by atoms with Gasteiger partial charge >= 0.3 is 0 Å². The fourth-order valence-electron chi connectivity index (χ4n) is 2.84. The van der Waals surface area contributed by atoms with Gasteiger partial charge in [-0.2, -0.15) is 5.10 Å². The largest absolute Gasteiger partial charge is 0.330 e. The maximum atomic E-state index is 6.13. The summed E-state index contributed by atoms with van der Waals surface area (Å²) >= 11 is 6.13. The molecule has 7 heteroatoms. The van der Waals surface area contributed by atoms with Crippen molar-refractivity contribution in [1.82, 2.24) is 19.7 Å². The molecular formula is C15H21Cl2N5. The van der Waals surface area contributed by atoms with Gasteiger partial charge in [0, 0.05) is 11.6 Å². The minimum atomic E-state index is 0. The van der Waals surface area contributed by atoms with Crippen molar-refractivity contribution < 1.29 is 0 Å². The molecule has 1 saturated heterocycles. The van der Waals surface area contributed by atoms with Crippen molar-refractivity contribution in [2.45, 2.75) is 19.4 Å². The third kappa shape index (κ3) is 3.98. The van der Waals surface area contributed by atoms with Crippen LogP contribution in [0.25, 0.3) is 5.69 Å². The van der Waals surface area contributed by atoms with E-state index in [1.807, 2.05) is 12.1 Å². The highest BCUT2D eigenvalue weighted by molar-refractivity contribution is 6.30. The molecule has 3 rings (SSSR count). The normalized spacial score (nSPS) is 16.5. The van der Waals surface area contributed by atoms with Crippen LogP contribution in [0, 0.1) is 5.92 Å². The van der Waals surface area contributed by atoms with Crippen LogP contribution >= 0.6 is 24.0 Å². The topological polar surface area (TPSA) is 60.0 Å². The zero-order valence-electron chi connectivity index (χ0n) is 12.4. The van der Waals surface area contributed by atoms with Gasteiger partial charge in [-0.25, -0.2) is 9.67 Å². The summed E-state index contributed by atoms with van der Waals surface area (Å²) < 4.78 is 1.77. The van der Waals surface area contributed by atoms with Gasteiger partial charge in [0.2, 0.25) is 0 Å². The Hall–Kier alpha value is -1.14. The molecule has 1 aliphatic heterocycles. The molecule has 0 aliphatic carbocycles. The summed E-state index contributed by atoms with van der Waals surface area (Å²) in [6.07, 6.45) is 5.61. The maximum absolute atomic E-state index is 6.13. The summed E-state index contributed by atoms with van der Waals surface area (Å²) in [7, 11) is 0. The number of hydrogen-bond donors (Lipinski definition) is 1. The Morgan fingerprint density at radius 2 is 2.05 bits per heavy atom. The smallest absolute Gasteiger partial charge is 0.138 e. The summed E-state index contributed by atoms with van der Waals surface area (Å²) in [6, 6.07) is 5.95. The standard InChI is InChI=1S/C15H20ClN5.ClH/c16-14-2-1-13(15(7-14)21-11-18-10-19-21)9-20-5-3-12(8-17)4-6-20;/h1-2,7,10-12H,3-6,8-9,17H2;1H. The quantitative estimate of drug-likeness (QED) is 0.928. The second-order valence-electron chi connectivity index (χ2n) is 5.57. The lowest BCUT2D eigenvalue weighted by Gasteiger charge is -2.31. The summed E-state index contributed by atoms with van der Waals surface area (Å²) in [5.41, 5.74) is 7.97. The van der Waals surface area contributed by atoms with Gasteiger partial charge < -0.3 is 5.73 Å². The Bertz CT molecular complexity index is 580. The predicted molar refractivity (Wildman–Crippen MR) is 90.7 cm³/mol. The van der Waals surface area contributed by atoms with E-state index in [4.69, 9.17) is 17.3 Å². The summed E-state index contributed by atoms with van der Waals surface area (Å²) in [4.78, 5) is 6.49. The van der Waals surface area contributed by atoms with Crippen LogP contribution in [0.4, 0.5) is 0 Å². The second kappa shape index (κ2) is 7.92. The molecule has 0 saturated carbocycles. The molecule has 0 amide bonds. The van der Waals surface area contributed by atoms with Crippen LogP contribution in [-0.4, -0.2) is 39.3 Å². The van der Waals surface area contributed by atoms with E-state index in [0.29, 0.717) is 10.9 Å².